The van der Waals surface area contributed by atoms with Gasteiger partial charge in [0.15, 0.2) is 13.2 Å². The van der Waals surface area contributed by atoms with Gasteiger partial charge in [0.1, 0.15) is 11.5 Å². The van der Waals surface area contributed by atoms with Gasteiger partial charge in [-0.15, -0.1) is 0 Å². The fourth-order valence-electron chi connectivity index (χ4n) is 2.37. The van der Waals surface area contributed by atoms with Gasteiger partial charge in [-0.3, -0.25) is 9.59 Å². The summed E-state index contributed by atoms with van der Waals surface area (Å²) in [6, 6.07) is 14.4. The minimum absolute atomic E-state index is 0.0760. The molecule has 26 heavy (non-hydrogen) atoms. The quantitative estimate of drug-likeness (QED) is 0.722. The van der Waals surface area contributed by atoms with Crippen LogP contribution in [0.15, 0.2) is 48.5 Å². The summed E-state index contributed by atoms with van der Waals surface area (Å²) in [4.78, 5) is 22.8. The normalized spacial score (nSPS) is 11.5. The van der Waals surface area contributed by atoms with E-state index in [1.165, 1.54) is 0 Å². The number of amides is 2. The molecule has 0 heterocycles. The van der Waals surface area contributed by atoms with Crippen LogP contribution in [0, 0.1) is 0 Å². The van der Waals surface area contributed by atoms with Gasteiger partial charge >= 0.3 is 0 Å². The Labute approximate surface area is 153 Å². The lowest BCUT2D eigenvalue weighted by atomic mass is 9.98. The predicted molar refractivity (Wildman–Crippen MR) is 100 cm³/mol. The molecule has 2 aromatic rings. The van der Waals surface area contributed by atoms with E-state index in [9.17, 15) is 9.59 Å². The Morgan fingerprint density at radius 2 is 1.73 bits per heavy atom. The Balaban J connectivity index is 1.88. The topological polar surface area (TPSA) is 90.7 Å². The van der Waals surface area contributed by atoms with Crippen LogP contribution in [0.2, 0.25) is 0 Å². The minimum Gasteiger partial charge on any atom is -0.484 e. The van der Waals surface area contributed by atoms with Crippen LogP contribution in [0.4, 0.5) is 5.69 Å². The fourth-order valence-corrected chi connectivity index (χ4v) is 2.37. The van der Waals surface area contributed by atoms with Crippen molar-refractivity contribution in [2.45, 2.75) is 26.2 Å². The Morgan fingerprint density at radius 3 is 2.38 bits per heavy atom. The van der Waals surface area contributed by atoms with Crippen molar-refractivity contribution < 1.29 is 19.1 Å². The highest BCUT2D eigenvalue weighted by Gasteiger charge is 2.11. The molecule has 1 atom stereocenters. The smallest absolute Gasteiger partial charge is 0.262 e. The van der Waals surface area contributed by atoms with Crippen LogP contribution in [0.1, 0.15) is 31.7 Å². The summed E-state index contributed by atoms with van der Waals surface area (Å²) in [6.45, 7) is 3.98. The van der Waals surface area contributed by atoms with E-state index in [2.05, 4.69) is 19.2 Å². The van der Waals surface area contributed by atoms with Gasteiger partial charge in [0.25, 0.3) is 11.8 Å². The molecular formula is C20H24N2O4. The first-order valence-corrected chi connectivity index (χ1v) is 8.52. The van der Waals surface area contributed by atoms with Gasteiger partial charge in [0.2, 0.25) is 0 Å². The summed E-state index contributed by atoms with van der Waals surface area (Å²) in [5.41, 5.74) is 6.73. The van der Waals surface area contributed by atoms with Crippen LogP contribution in [-0.4, -0.2) is 25.0 Å². The third-order valence-electron chi connectivity index (χ3n) is 3.94. The minimum atomic E-state index is -0.544. The van der Waals surface area contributed by atoms with Gasteiger partial charge in [0, 0.05) is 5.69 Å². The highest BCUT2D eigenvalue weighted by molar-refractivity contribution is 5.91. The molecule has 2 rings (SSSR count). The first-order chi connectivity index (χ1) is 12.5. The van der Waals surface area contributed by atoms with Gasteiger partial charge in [-0.05, 0) is 48.2 Å². The maximum absolute atomic E-state index is 12.1. The molecule has 0 spiro atoms. The van der Waals surface area contributed by atoms with E-state index < -0.39 is 5.91 Å². The van der Waals surface area contributed by atoms with Gasteiger partial charge in [-0.2, -0.15) is 0 Å². The fraction of sp³-hybridized carbons (Fsp3) is 0.300. The number of nitrogens with one attached hydrogen (secondary N) is 1. The lowest BCUT2D eigenvalue weighted by Crippen LogP contribution is -2.21. The predicted octanol–water partition coefficient (Wildman–Crippen LogP) is 3.08. The number of benzene rings is 2. The molecule has 0 aliphatic carbocycles. The Bertz CT molecular complexity index is 744. The first-order valence-electron chi connectivity index (χ1n) is 8.52. The van der Waals surface area contributed by atoms with Crippen molar-refractivity contribution >= 4 is 17.5 Å². The summed E-state index contributed by atoms with van der Waals surface area (Å²) in [5, 5.41) is 2.76. The third kappa shape index (κ3) is 5.81. The van der Waals surface area contributed by atoms with E-state index in [0.29, 0.717) is 17.4 Å². The second-order valence-corrected chi connectivity index (χ2v) is 5.96. The molecule has 0 saturated heterocycles. The van der Waals surface area contributed by atoms with Gasteiger partial charge in [0.05, 0.1) is 0 Å². The van der Waals surface area contributed by atoms with Crippen molar-refractivity contribution in [3.8, 4) is 11.5 Å². The average molecular weight is 356 g/mol. The zero-order valence-electron chi connectivity index (χ0n) is 15.0. The largest absolute Gasteiger partial charge is 0.484 e. The maximum Gasteiger partial charge on any atom is 0.262 e. The number of nitrogens with two attached hydrogens (primary N) is 1. The summed E-state index contributed by atoms with van der Waals surface area (Å²) in [7, 11) is 0. The van der Waals surface area contributed by atoms with E-state index in [1.807, 2.05) is 24.3 Å². The van der Waals surface area contributed by atoms with Crippen LogP contribution in [0.5, 0.6) is 11.5 Å². The van der Waals surface area contributed by atoms with Crippen molar-refractivity contribution in [1.82, 2.24) is 0 Å². The third-order valence-corrected chi connectivity index (χ3v) is 3.94. The monoisotopic (exact) mass is 356 g/mol. The molecule has 3 N–H and O–H groups in total. The van der Waals surface area contributed by atoms with E-state index in [-0.39, 0.29) is 19.1 Å². The lowest BCUT2D eigenvalue weighted by Gasteiger charge is -2.15. The highest BCUT2D eigenvalue weighted by atomic mass is 16.5. The van der Waals surface area contributed by atoms with E-state index in [0.717, 1.165) is 17.7 Å². The Hall–Kier alpha value is -3.02. The van der Waals surface area contributed by atoms with E-state index in [4.69, 9.17) is 15.2 Å². The molecule has 0 bridgehead atoms. The molecule has 0 aliphatic heterocycles. The summed E-state index contributed by atoms with van der Waals surface area (Å²) < 4.78 is 10.9. The molecule has 0 radical (unpaired) electrons. The number of ether oxygens (including phenoxy) is 2. The van der Waals surface area contributed by atoms with Crippen molar-refractivity contribution in [3.05, 3.63) is 54.1 Å². The SMILES string of the molecule is CCC(C)c1ccccc1OCC(=O)Nc1ccc(OCC(N)=O)cc1. The molecule has 0 aliphatic rings. The maximum atomic E-state index is 12.1. The standard InChI is InChI=1S/C20H24N2O4/c1-3-14(2)17-6-4-5-7-18(17)26-13-20(24)22-15-8-10-16(11-9-15)25-12-19(21)23/h4-11,14H,3,12-13H2,1-2H3,(H2,21,23)(H,22,24). The summed E-state index contributed by atoms with van der Waals surface area (Å²) in [5.74, 6) is 0.793. The molecule has 1 unspecified atom stereocenters. The number of para-hydroxylation sites is 1. The van der Waals surface area contributed by atoms with E-state index >= 15 is 0 Å². The van der Waals surface area contributed by atoms with Gasteiger partial charge < -0.3 is 20.5 Å². The molecule has 138 valence electrons. The molecule has 6 heteroatoms. The molecule has 2 amide bonds. The number of primary amides is 1. The number of rotatable bonds is 9. The Kier molecular flexibility index (Phi) is 7.02. The number of carbonyl (C=O) groups is 2. The van der Waals surface area contributed by atoms with Crippen LogP contribution in [0.25, 0.3) is 0 Å². The lowest BCUT2D eigenvalue weighted by molar-refractivity contribution is -0.120. The van der Waals surface area contributed by atoms with Crippen LogP contribution in [-0.2, 0) is 9.59 Å². The van der Waals surface area contributed by atoms with Crippen molar-refractivity contribution in [1.29, 1.82) is 0 Å². The van der Waals surface area contributed by atoms with Crippen LogP contribution >= 0.6 is 0 Å². The zero-order valence-corrected chi connectivity index (χ0v) is 15.0. The van der Waals surface area contributed by atoms with Crippen molar-refractivity contribution in [2.75, 3.05) is 18.5 Å². The van der Waals surface area contributed by atoms with Crippen LogP contribution in [0.3, 0.4) is 0 Å². The van der Waals surface area contributed by atoms with Gasteiger partial charge in [-0.1, -0.05) is 32.0 Å². The molecule has 2 aromatic carbocycles. The van der Waals surface area contributed by atoms with Crippen LogP contribution < -0.4 is 20.5 Å². The summed E-state index contributed by atoms with van der Waals surface area (Å²) >= 11 is 0. The van der Waals surface area contributed by atoms with Crippen molar-refractivity contribution in [2.24, 2.45) is 5.73 Å². The average Bonchev–Trinajstić information content (AvgIpc) is 2.65. The summed E-state index contributed by atoms with van der Waals surface area (Å²) in [6.07, 6.45) is 0.997. The Morgan fingerprint density at radius 1 is 1.04 bits per heavy atom. The first kappa shape index (κ1) is 19.3. The number of anilines is 1. The van der Waals surface area contributed by atoms with E-state index in [1.54, 1.807) is 24.3 Å². The van der Waals surface area contributed by atoms with Crippen molar-refractivity contribution in [3.63, 3.8) is 0 Å². The second kappa shape index (κ2) is 9.46. The number of carbonyl (C=O) groups excluding carboxylic acids is 2. The molecule has 0 fully saturated rings. The zero-order chi connectivity index (χ0) is 18.9. The molecule has 0 aromatic heterocycles. The van der Waals surface area contributed by atoms with Gasteiger partial charge in [-0.25, -0.2) is 0 Å². The molecular weight excluding hydrogens is 332 g/mol. The number of hydrogen-bond donors (Lipinski definition) is 2. The molecule has 6 nitrogen and oxygen atoms in total. The molecule has 0 saturated carbocycles. The highest BCUT2D eigenvalue weighted by Crippen LogP contribution is 2.28. The second-order valence-electron chi connectivity index (χ2n) is 5.96. The number of hydrogen-bond acceptors (Lipinski definition) is 4.